The highest BCUT2D eigenvalue weighted by Crippen LogP contribution is 2.26. The van der Waals surface area contributed by atoms with E-state index in [4.69, 9.17) is 5.73 Å². The second-order valence-electron chi connectivity index (χ2n) is 5.23. The Kier molecular flexibility index (Phi) is 4.55. The predicted molar refractivity (Wildman–Crippen MR) is 73.8 cm³/mol. The van der Waals surface area contributed by atoms with Gasteiger partial charge in [-0.1, -0.05) is 18.2 Å². The Bertz CT molecular complexity index is 438. The molecule has 2 N–H and O–H groups in total. The van der Waals surface area contributed by atoms with Crippen molar-refractivity contribution in [3.63, 3.8) is 0 Å². The number of halogens is 3. The first-order valence-corrected chi connectivity index (χ1v) is 6.75. The van der Waals surface area contributed by atoms with Crippen LogP contribution in [0.4, 0.5) is 18.9 Å². The number of hydrogen-bond acceptors (Lipinski definition) is 3. The van der Waals surface area contributed by atoms with Crippen LogP contribution in [0.2, 0.25) is 0 Å². The quantitative estimate of drug-likeness (QED) is 0.926. The molecule has 0 aliphatic carbocycles. The number of benzene rings is 1. The second kappa shape index (κ2) is 6.01. The third-order valence-corrected chi connectivity index (χ3v) is 3.54. The summed E-state index contributed by atoms with van der Waals surface area (Å²) in [6.45, 7) is 3.13. The fourth-order valence-electron chi connectivity index (χ4n) is 2.56. The van der Waals surface area contributed by atoms with Gasteiger partial charge in [0.2, 0.25) is 0 Å². The molecule has 1 unspecified atom stereocenters. The van der Waals surface area contributed by atoms with Crippen LogP contribution in [0.1, 0.15) is 18.5 Å². The zero-order chi connectivity index (χ0) is 14.8. The molecule has 0 radical (unpaired) electrons. The lowest BCUT2D eigenvalue weighted by Crippen LogP contribution is -2.49. The lowest BCUT2D eigenvalue weighted by Gasteiger charge is -2.37. The summed E-state index contributed by atoms with van der Waals surface area (Å²) in [6.07, 6.45) is -4.12. The SMILES string of the molecule is CC(N)c1ccccc1N1CCN(CC(F)(F)F)CC1. The molecule has 1 saturated heterocycles. The zero-order valence-electron chi connectivity index (χ0n) is 11.5. The van der Waals surface area contributed by atoms with Crippen molar-refractivity contribution in [2.24, 2.45) is 5.73 Å². The van der Waals surface area contributed by atoms with Gasteiger partial charge in [-0.3, -0.25) is 4.90 Å². The maximum absolute atomic E-state index is 12.4. The average molecular weight is 287 g/mol. The number of alkyl halides is 3. The minimum absolute atomic E-state index is 0.0839. The van der Waals surface area contributed by atoms with E-state index in [0.29, 0.717) is 26.2 Å². The van der Waals surface area contributed by atoms with Crippen LogP contribution < -0.4 is 10.6 Å². The monoisotopic (exact) mass is 287 g/mol. The van der Waals surface area contributed by atoms with Crippen molar-refractivity contribution in [1.82, 2.24) is 4.90 Å². The molecule has 20 heavy (non-hydrogen) atoms. The maximum atomic E-state index is 12.4. The predicted octanol–water partition coefficient (Wildman–Crippen LogP) is 2.39. The van der Waals surface area contributed by atoms with Gasteiger partial charge in [0.25, 0.3) is 0 Å². The molecule has 1 aromatic rings. The first kappa shape index (κ1) is 15.1. The number of nitrogens with two attached hydrogens (primary N) is 1. The highest BCUT2D eigenvalue weighted by Gasteiger charge is 2.32. The van der Waals surface area contributed by atoms with Crippen LogP contribution in [-0.2, 0) is 0 Å². The molecule has 1 aromatic carbocycles. The van der Waals surface area contributed by atoms with E-state index in [-0.39, 0.29) is 6.04 Å². The minimum atomic E-state index is -4.12. The van der Waals surface area contributed by atoms with Gasteiger partial charge in [-0.2, -0.15) is 13.2 Å². The van der Waals surface area contributed by atoms with Gasteiger partial charge in [-0.25, -0.2) is 0 Å². The van der Waals surface area contributed by atoms with E-state index in [1.807, 2.05) is 31.2 Å². The topological polar surface area (TPSA) is 32.5 Å². The number of anilines is 1. The molecule has 112 valence electrons. The van der Waals surface area contributed by atoms with Crippen molar-refractivity contribution in [3.05, 3.63) is 29.8 Å². The van der Waals surface area contributed by atoms with Crippen molar-refractivity contribution >= 4 is 5.69 Å². The number of para-hydroxylation sites is 1. The summed E-state index contributed by atoms with van der Waals surface area (Å²) in [4.78, 5) is 3.57. The van der Waals surface area contributed by atoms with Gasteiger partial charge >= 0.3 is 6.18 Å². The van der Waals surface area contributed by atoms with Crippen molar-refractivity contribution in [3.8, 4) is 0 Å². The Hall–Kier alpha value is -1.27. The van der Waals surface area contributed by atoms with Crippen molar-refractivity contribution in [2.45, 2.75) is 19.1 Å². The van der Waals surface area contributed by atoms with Crippen LogP contribution in [0.15, 0.2) is 24.3 Å². The van der Waals surface area contributed by atoms with E-state index >= 15 is 0 Å². The fourth-order valence-corrected chi connectivity index (χ4v) is 2.56. The summed E-state index contributed by atoms with van der Waals surface area (Å²) < 4.78 is 37.1. The molecule has 1 aliphatic heterocycles. The van der Waals surface area contributed by atoms with E-state index in [9.17, 15) is 13.2 Å². The van der Waals surface area contributed by atoms with Crippen molar-refractivity contribution in [2.75, 3.05) is 37.6 Å². The van der Waals surface area contributed by atoms with Gasteiger partial charge in [0.1, 0.15) is 0 Å². The van der Waals surface area contributed by atoms with Gasteiger partial charge < -0.3 is 10.6 Å². The molecule has 1 atom stereocenters. The average Bonchev–Trinajstić information content (AvgIpc) is 2.38. The Morgan fingerprint density at radius 3 is 2.30 bits per heavy atom. The van der Waals surface area contributed by atoms with Gasteiger partial charge in [0.15, 0.2) is 0 Å². The highest BCUT2D eigenvalue weighted by molar-refractivity contribution is 5.55. The van der Waals surface area contributed by atoms with E-state index in [0.717, 1.165) is 11.3 Å². The molecular formula is C14H20F3N3. The van der Waals surface area contributed by atoms with E-state index in [2.05, 4.69) is 4.90 Å². The van der Waals surface area contributed by atoms with Crippen LogP contribution in [0.5, 0.6) is 0 Å². The molecular weight excluding hydrogens is 267 g/mol. The van der Waals surface area contributed by atoms with E-state index in [1.54, 1.807) is 0 Å². The fraction of sp³-hybridized carbons (Fsp3) is 0.571. The minimum Gasteiger partial charge on any atom is -0.369 e. The standard InChI is InChI=1S/C14H20F3N3/c1-11(18)12-4-2-3-5-13(12)20-8-6-19(7-9-20)10-14(15,16)17/h2-5,11H,6-10,18H2,1H3. The summed E-state index contributed by atoms with van der Waals surface area (Å²) in [5.41, 5.74) is 8.02. The first-order valence-electron chi connectivity index (χ1n) is 6.75. The van der Waals surface area contributed by atoms with Crippen molar-refractivity contribution in [1.29, 1.82) is 0 Å². The molecule has 2 rings (SSSR count). The summed E-state index contributed by atoms with van der Waals surface area (Å²) >= 11 is 0. The number of nitrogens with zero attached hydrogens (tertiary/aromatic N) is 2. The summed E-state index contributed by atoms with van der Waals surface area (Å²) in [6, 6.07) is 7.74. The molecule has 6 heteroatoms. The summed E-state index contributed by atoms with van der Waals surface area (Å²) in [5, 5.41) is 0. The summed E-state index contributed by atoms with van der Waals surface area (Å²) in [5.74, 6) is 0. The van der Waals surface area contributed by atoms with E-state index in [1.165, 1.54) is 4.90 Å². The van der Waals surface area contributed by atoms with Gasteiger partial charge in [-0.05, 0) is 18.6 Å². The van der Waals surface area contributed by atoms with Gasteiger partial charge in [-0.15, -0.1) is 0 Å². The highest BCUT2D eigenvalue weighted by atomic mass is 19.4. The van der Waals surface area contributed by atoms with Gasteiger partial charge in [0, 0.05) is 37.9 Å². The zero-order valence-corrected chi connectivity index (χ0v) is 11.5. The molecule has 0 saturated carbocycles. The largest absolute Gasteiger partial charge is 0.401 e. The van der Waals surface area contributed by atoms with Gasteiger partial charge in [0.05, 0.1) is 6.54 Å². The molecule has 0 bridgehead atoms. The van der Waals surface area contributed by atoms with Crippen LogP contribution >= 0.6 is 0 Å². The summed E-state index contributed by atoms with van der Waals surface area (Å²) in [7, 11) is 0. The van der Waals surface area contributed by atoms with Crippen LogP contribution in [0, 0.1) is 0 Å². The number of hydrogen-bond donors (Lipinski definition) is 1. The third kappa shape index (κ3) is 3.86. The van der Waals surface area contributed by atoms with Crippen LogP contribution in [0.25, 0.3) is 0 Å². The van der Waals surface area contributed by atoms with Crippen LogP contribution in [0.3, 0.4) is 0 Å². The normalized spacial score (nSPS) is 19.1. The lowest BCUT2D eigenvalue weighted by atomic mass is 10.1. The Morgan fingerprint density at radius 2 is 1.75 bits per heavy atom. The lowest BCUT2D eigenvalue weighted by molar-refractivity contribution is -0.146. The maximum Gasteiger partial charge on any atom is 0.401 e. The number of piperazine rings is 1. The Labute approximate surface area is 117 Å². The molecule has 0 amide bonds. The molecule has 1 heterocycles. The molecule has 3 nitrogen and oxygen atoms in total. The van der Waals surface area contributed by atoms with E-state index < -0.39 is 12.7 Å². The molecule has 1 aliphatic rings. The molecule has 0 aromatic heterocycles. The number of rotatable bonds is 3. The Morgan fingerprint density at radius 1 is 1.15 bits per heavy atom. The molecule has 0 spiro atoms. The van der Waals surface area contributed by atoms with Crippen LogP contribution in [-0.4, -0.2) is 43.8 Å². The second-order valence-corrected chi connectivity index (χ2v) is 5.23. The third-order valence-electron chi connectivity index (χ3n) is 3.54. The smallest absolute Gasteiger partial charge is 0.369 e. The first-order chi connectivity index (χ1) is 9.37. The van der Waals surface area contributed by atoms with Crippen molar-refractivity contribution < 1.29 is 13.2 Å². The Balaban J connectivity index is 2.01. The molecule has 1 fully saturated rings.